The third kappa shape index (κ3) is 2.64. The van der Waals surface area contributed by atoms with Gasteiger partial charge in [-0.05, 0) is 23.0 Å². The van der Waals surface area contributed by atoms with E-state index in [1.54, 1.807) is 0 Å². The molecule has 1 atom stereocenters. The van der Waals surface area contributed by atoms with Crippen molar-refractivity contribution in [2.24, 2.45) is 5.41 Å². The Kier molecular flexibility index (Phi) is 3.62. The minimum Gasteiger partial charge on any atom is -0.295 e. The molecular formula is C19H23N. The quantitative estimate of drug-likeness (QED) is 0.796. The highest BCUT2D eigenvalue weighted by Crippen LogP contribution is 2.47. The van der Waals surface area contributed by atoms with Gasteiger partial charge in [0.1, 0.15) is 0 Å². The summed E-state index contributed by atoms with van der Waals surface area (Å²) in [4.78, 5) is 2.61. The summed E-state index contributed by atoms with van der Waals surface area (Å²) in [5, 5.41) is 0. The van der Waals surface area contributed by atoms with Crippen molar-refractivity contribution in [3.05, 3.63) is 71.8 Å². The number of nitrogens with zero attached hydrogens (tertiary/aromatic N) is 1. The maximum atomic E-state index is 2.61. The predicted molar refractivity (Wildman–Crippen MR) is 84.7 cm³/mol. The molecule has 1 nitrogen and oxygen atoms in total. The van der Waals surface area contributed by atoms with E-state index in [4.69, 9.17) is 0 Å². The standard InChI is InChI=1S/C19H23N/c1-19(2)15-20(14-13-16-9-5-3-6-10-16)18(19)17-11-7-4-8-12-17/h3-12,18H,13-15H2,1-2H3. The molecule has 0 saturated carbocycles. The zero-order chi connectivity index (χ0) is 14.0. The van der Waals surface area contributed by atoms with Crippen LogP contribution in [0.1, 0.15) is 31.0 Å². The van der Waals surface area contributed by atoms with Gasteiger partial charge in [-0.15, -0.1) is 0 Å². The summed E-state index contributed by atoms with van der Waals surface area (Å²) in [6.07, 6.45) is 1.14. The van der Waals surface area contributed by atoms with Gasteiger partial charge in [0, 0.05) is 19.1 Å². The third-order valence-corrected chi connectivity index (χ3v) is 4.36. The molecule has 1 aliphatic rings. The van der Waals surface area contributed by atoms with Crippen LogP contribution in [0, 0.1) is 5.41 Å². The van der Waals surface area contributed by atoms with E-state index in [1.165, 1.54) is 17.7 Å². The zero-order valence-corrected chi connectivity index (χ0v) is 12.4. The molecule has 1 heterocycles. The van der Waals surface area contributed by atoms with Crippen LogP contribution in [-0.2, 0) is 6.42 Å². The van der Waals surface area contributed by atoms with Crippen LogP contribution in [0.2, 0.25) is 0 Å². The van der Waals surface area contributed by atoms with Crippen LogP contribution in [0.5, 0.6) is 0 Å². The second kappa shape index (κ2) is 5.41. The Morgan fingerprint density at radius 2 is 1.55 bits per heavy atom. The van der Waals surface area contributed by atoms with E-state index >= 15 is 0 Å². The van der Waals surface area contributed by atoms with E-state index in [2.05, 4.69) is 79.4 Å². The lowest BCUT2D eigenvalue weighted by molar-refractivity contribution is -0.0511. The minimum atomic E-state index is 0.387. The number of likely N-dealkylation sites (tertiary alicyclic amines) is 1. The van der Waals surface area contributed by atoms with Gasteiger partial charge in [0.15, 0.2) is 0 Å². The molecule has 0 aromatic heterocycles. The van der Waals surface area contributed by atoms with Gasteiger partial charge in [-0.3, -0.25) is 4.90 Å². The van der Waals surface area contributed by atoms with Crippen LogP contribution >= 0.6 is 0 Å². The molecule has 0 radical (unpaired) electrons. The first-order valence-electron chi connectivity index (χ1n) is 7.50. The van der Waals surface area contributed by atoms with E-state index in [9.17, 15) is 0 Å². The Hall–Kier alpha value is -1.60. The molecule has 104 valence electrons. The van der Waals surface area contributed by atoms with Crippen molar-refractivity contribution >= 4 is 0 Å². The Labute approximate surface area is 122 Å². The van der Waals surface area contributed by atoms with Crippen molar-refractivity contribution in [2.75, 3.05) is 13.1 Å². The van der Waals surface area contributed by atoms with Crippen LogP contribution in [0.15, 0.2) is 60.7 Å². The Balaban J connectivity index is 1.68. The molecule has 0 aliphatic carbocycles. The van der Waals surface area contributed by atoms with E-state index in [0.717, 1.165) is 13.0 Å². The lowest BCUT2D eigenvalue weighted by Crippen LogP contribution is -2.55. The lowest BCUT2D eigenvalue weighted by atomic mass is 9.71. The summed E-state index contributed by atoms with van der Waals surface area (Å²) in [5.41, 5.74) is 3.28. The van der Waals surface area contributed by atoms with E-state index in [1.807, 2.05) is 0 Å². The predicted octanol–water partition coefficient (Wildman–Crippen LogP) is 4.31. The van der Waals surface area contributed by atoms with Crippen LogP contribution in [-0.4, -0.2) is 18.0 Å². The molecule has 3 rings (SSSR count). The molecule has 1 unspecified atom stereocenters. The summed E-state index contributed by atoms with van der Waals surface area (Å²) in [6.45, 7) is 7.10. The van der Waals surface area contributed by atoms with Crippen LogP contribution in [0.4, 0.5) is 0 Å². The van der Waals surface area contributed by atoms with E-state index < -0.39 is 0 Å². The summed E-state index contributed by atoms with van der Waals surface area (Å²) in [5.74, 6) is 0. The van der Waals surface area contributed by atoms with Gasteiger partial charge >= 0.3 is 0 Å². The van der Waals surface area contributed by atoms with E-state index in [-0.39, 0.29) is 0 Å². The number of hydrogen-bond acceptors (Lipinski definition) is 1. The van der Waals surface area contributed by atoms with Gasteiger partial charge in [-0.25, -0.2) is 0 Å². The van der Waals surface area contributed by atoms with Gasteiger partial charge in [-0.1, -0.05) is 74.5 Å². The molecular weight excluding hydrogens is 242 g/mol. The summed E-state index contributed by atoms with van der Waals surface area (Å²) in [6, 6.07) is 22.3. The number of benzene rings is 2. The third-order valence-electron chi connectivity index (χ3n) is 4.36. The molecule has 0 N–H and O–H groups in total. The molecule has 0 bridgehead atoms. The first-order chi connectivity index (χ1) is 9.67. The molecule has 2 aromatic carbocycles. The van der Waals surface area contributed by atoms with Crippen molar-refractivity contribution in [1.29, 1.82) is 0 Å². The van der Waals surface area contributed by atoms with Gasteiger partial charge in [0.25, 0.3) is 0 Å². The monoisotopic (exact) mass is 265 g/mol. The first kappa shape index (κ1) is 13.4. The average molecular weight is 265 g/mol. The first-order valence-corrected chi connectivity index (χ1v) is 7.50. The average Bonchev–Trinajstić information content (AvgIpc) is 2.45. The van der Waals surface area contributed by atoms with Gasteiger partial charge in [0.2, 0.25) is 0 Å². The molecule has 20 heavy (non-hydrogen) atoms. The number of hydrogen-bond donors (Lipinski definition) is 0. The molecule has 1 fully saturated rings. The summed E-state index contributed by atoms with van der Waals surface area (Å²) < 4.78 is 0. The summed E-state index contributed by atoms with van der Waals surface area (Å²) in [7, 11) is 0. The number of rotatable bonds is 4. The highest BCUT2D eigenvalue weighted by Gasteiger charge is 2.45. The summed E-state index contributed by atoms with van der Waals surface area (Å²) >= 11 is 0. The molecule has 0 amide bonds. The highest BCUT2D eigenvalue weighted by atomic mass is 15.2. The Morgan fingerprint density at radius 1 is 0.950 bits per heavy atom. The fraction of sp³-hybridized carbons (Fsp3) is 0.368. The second-order valence-corrected chi connectivity index (χ2v) is 6.51. The van der Waals surface area contributed by atoms with Crippen molar-refractivity contribution in [3.63, 3.8) is 0 Å². The van der Waals surface area contributed by atoms with Crippen molar-refractivity contribution in [3.8, 4) is 0 Å². The fourth-order valence-electron chi connectivity index (χ4n) is 3.51. The lowest BCUT2D eigenvalue weighted by Gasteiger charge is -2.55. The highest BCUT2D eigenvalue weighted by molar-refractivity contribution is 5.25. The van der Waals surface area contributed by atoms with Crippen molar-refractivity contribution in [1.82, 2.24) is 4.90 Å². The SMILES string of the molecule is CC1(C)CN(CCc2ccccc2)C1c1ccccc1. The normalized spacial score (nSPS) is 21.4. The second-order valence-electron chi connectivity index (χ2n) is 6.51. The van der Waals surface area contributed by atoms with Gasteiger partial charge in [0.05, 0.1) is 0 Å². The molecule has 1 heteroatoms. The maximum Gasteiger partial charge on any atom is 0.0411 e. The molecule has 1 saturated heterocycles. The maximum absolute atomic E-state index is 2.61. The smallest absolute Gasteiger partial charge is 0.0411 e. The Morgan fingerprint density at radius 3 is 2.15 bits per heavy atom. The van der Waals surface area contributed by atoms with Crippen LogP contribution in [0.3, 0.4) is 0 Å². The van der Waals surface area contributed by atoms with Crippen LogP contribution in [0.25, 0.3) is 0 Å². The topological polar surface area (TPSA) is 3.24 Å². The van der Waals surface area contributed by atoms with Gasteiger partial charge in [-0.2, -0.15) is 0 Å². The van der Waals surface area contributed by atoms with Crippen molar-refractivity contribution in [2.45, 2.75) is 26.3 Å². The van der Waals surface area contributed by atoms with Crippen LogP contribution < -0.4 is 0 Å². The largest absolute Gasteiger partial charge is 0.295 e. The zero-order valence-electron chi connectivity index (χ0n) is 12.4. The minimum absolute atomic E-state index is 0.387. The van der Waals surface area contributed by atoms with Gasteiger partial charge < -0.3 is 0 Å². The Bertz CT molecular complexity index is 544. The molecule has 1 aliphatic heterocycles. The van der Waals surface area contributed by atoms with E-state index in [0.29, 0.717) is 11.5 Å². The fourth-order valence-corrected chi connectivity index (χ4v) is 3.51. The van der Waals surface area contributed by atoms with Crippen molar-refractivity contribution < 1.29 is 0 Å². The molecule has 2 aromatic rings. The molecule has 0 spiro atoms.